The first-order valence-corrected chi connectivity index (χ1v) is 8.52. The van der Waals surface area contributed by atoms with Gasteiger partial charge in [-0.05, 0) is 73.5 Å². The maximum absolute atomic E-state index is 5.98. The lowest BCUT2D eigenvalue weighted by Gasteiger charge is -2.10. The Morgan fingerprint density at radius 3 is 2.50 bits per heavy atom. The second-order valence-corrected chi connectivity index (χ2v) is 6.32. The monoisotopic (exact) mass is 344 g/mol. The molecule has 2 aromatic carbocycles. The molecule has 0 aliphatic carbocycles. The highest BCUT2D eigenvalue weighted by Gasteiger charge is 2.09. The number of nitrogens with zero attached hydrogens (tertiary/aromatic N) is 1. The molecule has 26 heavy (non-hydrogen) atoms. The SMILES string of the molecule is COc1c(C)cc(-c2ccc(/C=C/c3nc4ccccc4[nH]3)o2)cc1C. The molecule has 0 unspecified atom stereocenters. The van der Waals surface area contributed by atoms with Gasteiger partial charge >= 0.3 is 0 Å². The molecule has 130 valence electrons. The lowest BCUT2D eigenvalue weighted by atomic mass is 10.0. The predicted octanol–water partition coefficient (Wildman–Crippen LogP) is 5.62. The number of imidazole rings is 1. The van der Waals surface area contributed by atoms with E-state index in [1.807, 2.05) is 62.4 Å². The topological polar surface area (TPSA) is 51.0 Å². The van der Waals surface area contributed by atoms with Crippen molar-refractivity contribution in [3.05, 3.63) is 71.2 Å². The molecule has 1 N–H and O–H groups in total. The van der Waals surface area contributed by atoms with E-state index in [0.717, 1.165) is 50.8 Å². The van der Waals surface area contributed by atoms with Gasteiger partial charge < -0.3 is 14.1 Å². The van der Waals surface area contributed by atoms with Crippen molar-refractivity contribution in [3.63, 3.8) is 0 Å². The van der Waals surface area contributed by atoms with E-state index in [4.69, 9.17) is 9.15 Å². The fraction of sp³-hybridized carbons (Fsp3) is 0.136. The fourth-order valence-electron chi connectivity index (χ4n) is 3.22. The summed E-state index contributed by atoms with van der Waals surface area (Å²) in [6, 6.07) is 16.1. The zero-order chi connectivity index (χ0) is 18.1. The number of H-pyrrole nitrogens is 1. The average Bonchev–Trinajstić information content (AvgIpc) is 3.26. The van der Waals surface area contributed by atoms with Gasteiger partial charge in [0, 0.05) is 5.56 Å². The molecule has 0 radical (unpaired) electrons. The first kappa shape index (κ1) is 16.2. The van der Waals surface area contributed by atoms with Crippen LogP contribution < -0.4 is 4.74 Å². The maximum Gasteiger partial charge on any atom is 0.134 e. The summed E-state index contributed by atoms with van der Waals surface area (Å²) in [6.45, 7) is 4.08. The molecule has 4 nitrogen and oxygen atoms in total. The van der Waals surface area contributed by atoms with Crippen LogP contribution in [0.4, 0.5) is 0 Å². The number of aromatic amines is 1. The Balaban J connectivity index is 1.60. The van der Waals surface area contributed by atoms with Crippen LogP contribution in [0.15, 0.2) is 52.9 Å². The Morgan fingerprint density at radius 2 is 1.77 bits per heavy atom. The molecule has 0 aliphatic rings. The van der Waals surface area contributed by atoms with Crippen LogP contribution in [0.3, 0.4) is 0 Å². The number of aryl methyl sites for hydroxylation is 2. The number of nitrogens with one attached hydrogen (secondary N) is 1. The summed E-state index contributed by atoms with van der Waals surface area (Å²) in [5.74, 6) is 3.35. The van der Waals surface area contributed by atoms with Gasteiger partial charge in [0.05, 0.1) is 18.1 Å². The molecule has 4 aromatic rings. The molecule has 2 aromatic heterocycles. The molecule has 4 heteroatoms. The van der Waals surface area contributed by atoms with Crippen molar-refractivity contribution in [2.24, 2.45) is 0 Å². The lowest BCUT2D eigenvalue weighted by molar-refractivity contribution is 0.408. The molecule has 0 aliphatic heterocycles. The summed E-state index contributed by atoms with van der Waals surface area (Å²) in [6.07, 6.45) is 3.84. The van der Waals surface area contributed by atoms with E-state index in [2.05, 4.69) is 22.1 Å². The Labute approximate surface area is 152 Å². The number of hydrogen-bond acceptors (Lipinski definition) is 3. The minimum Gasteiger partial charge on any atom is -0.496 e. The van der Waals surface area contributed by atoms with Gasteiger partial charge in [0.1, 0.15) is 23.1 Å². The van der Waals surface area contributed by atoms with E-state index in [9.17, 15) is 0 Å². The van der Waals surface area contributed by atoms with Gasteiger partial charge in [0.2, 0.25) is 0 Å². The summed E-state index contributed by atoms with van der Waals surface area (Å²) >= 11 is 0. The molecular formula is C22H20N2O2. The Kier molecular flexibility index (Phi) is 4.09. The number of aromatic nitrogens is 2. The summed E-state index contributed by atoms with van der Waals surface area (Å²) in [5.41, 5.74) is 5.22. The predicted molar refractivity (Wildman–Crippen MR) is 105 cm³/mol. The number of hydrogen-bond donors (Lipinski definition) is 1. The molecule has 0 amide bonds. The summed E-state index contributed by atoms with van der Waals surface area (Å²) < 4.78 is 11.4. The van der Waals surface area contributed by atoms with E-state index >= 15 is 0 Å². The molecular weight excluding hydrogens is 324 g/mol. The summed E-state index contributed by atoms with van der Waals surface area (Å²) in [5, 5.41) is 0. The van der Waals surface area contributed by atoms with Gasteiger partial charge in [-0.3, -0.25) is 0 Å². The molecule has 4 rings (SSSR count). The third kappa shape index (κ3) is 3.02. The zero-order valence-electron chi connectivity index (χ0n) is 15.0. The second kappa shape index (κ2) is 6.56. The molecule has 0 fully saturated rings. The summed E-state index contributed by atoms with van der Waals surface area (Å²) in [7, 11) is 1.70. The van der Waals surface area contributed by atoms with E-state index in [1.165, 1.54) is 0 Å². The third-order valence-electron chi connectivity index (χ3n) is 4.39. The Hall–Kier alpha value is -3.27. The highest BCUT2D eigenvalue weighted by atomic mass is 16.5. The van der Waals surface area contributed by atoms with Crippen LogP contribution in [0, 0.1) is 13.8 Å². The first-order valence-electron chi connectivity index (χ1n) is 8.52. The van der Waals surface area contributed by atoms with Crippen molar-refractivity contribution >= 4 is 23.2 Å². The Morgan fingerprint density at radius 1 is 1.00 bits per heavy atom. The highest BCUT2D eigenvalue weighted by Crippen LogP contribution is 2.31. The molecule has 0 bridgehead atoms. The van der Waals surface area contributed by atoms with Crippen molar-refractivity contribution in [2.45, 2.75) is 13.8 Å². The molecule has 0 saturated heterocycles. The van der Waals surface area contributed by atoms with Crippen LogP contribution >= 0.6 is 0 Å². The van der Waals surface area contributed by atoms with E-state index < -0.39 is 0 Å². The van der Waals surface area contributed by atoms with Gasteiger partial charge in [0.15, 0.2) is 0 Å². The quantitative estimate of drug-likeness (QED) is 0.523. The first-order chi connectivity index (χ1) is 12.6. The average molecular weight is 344 g/mol. The number of rotatable bonds is 4. The molecule has 2 heterocycles. The van der Waals surface area contributed by atoms with Crippen molar-refractivity contribution in [1.82, 2.24) is 9.97 Å². The van der Waals surface area contributed by atoms with E-state index in [0.29, 0.717) is 0 Å². The smallest absolute Gasteiger partial charge is 0.134 e. The number of fused-ring (bicyclic) bond motifs is 1. The van der Waals surface area contributed by atoms with Crippen LogP contribution in [0.5, 0.6) is 5.75 Å². The number of para-hydroxylation sites is 2. The Bertz CT molecular complexity index is 1050. The van der Waals surface area contributed by atoms with Crippen molar-refractivity contribution in [1.29, 1.82) is 0 Å². The van der Waals surface area contributed by atoms with Gasteiger partial charge in [-0.15, -0.1) is 0 Å². The maximum atomic E-state index is 5.98. The van der Waals surface area contributed by atoms with Crippen LogP contribution in [-0.4, -0.2) is 17.1 Å². The molecule has 0 atom stereocenters. The largest absolute Gasteiger partial charge is 0.496 e. The van der Waals surface area contributed by atoms with Gasteiger partial charge in [0.25, 0.3) is 0 Å². The zero-order valence-corrected chi connectivity index (χ0v) is 15.0. The highest BCUT2D eigenvalue weighted by molar-refractivity contribution is 5.78. The minimum absolute atomic E-state index is 0.784. The standard InChI is InChI=1S/C22H20N2O2/c1-14-12-16(13-15(2)22(14)25-3)20-10-8-17(26-20)9-11-21-23-18-6-4-5-7-19(18)24-21/h4-13H,1-3H3,(H,23,24)/b11-9+. The van der Waals surface area contributed by atoms with Crippen LogP contribution in [0.1, 0.15) is 22.7 Å². The van der Waals surface area contributed by atoms with Crippen LogP contribution in [0.2, 0.25) is 0 Å². The normalized spacial score (nSPS) is 11.5. The molecule has 0 saturated carbocycles. The fourth-order valence-corrected chi connectivity index (χ4v) is 3.22. The summed E-state index contributed by atoms with van der Waals surface area (Å²) in [4.78, 5) is 7.82. The van der Waals surface area contributed by atoms with Crippen molar-refractivity contribution < 1.29 is 9.15 Å². The number of ether oxygens (including phenoxy) is 1. The lowest BCUT2D eigenvalue weighted by Crippen LogP contribution is -1.91. The number of methoxy groups -OCH3 is 1. The third-order valence-corrected chi connectivity index (χ3v) is 4.39. The van der Waals surface area contributed by atoms with Crippen LogP contribution in [0.25, 0.3) is 34.5 Å². The van der Waals surface area contributed by atoms with E-state index in [-0.39, 0.29) is 0 Å². The number of furan rings is 1. The second-order valence-electron chi connectivity index (χ2n) is 6.32. The van der Waals surface area contributed by atoms with Gasteiger partial charge in [-0.1, -0.05) is 12.1 Å². The molecule has 0 spiro atoms. The van der Waals surface area contributed by atoms with Crippen molar-refractivity contribution in [2.75, 3.05) is 7.11 Å². The van der Waals surface area contributed by atoms with E-state index in [1.54, 1.807) is 7.11 Å². The minimum atomic E-state index is 0.784. The van der Waals surface area contributed by atoms with Crippen LogP contribution in [-0.2, 0) is 0 Å². The number of benzene rings is 2. The van der Waals surface area contributed by atoms with Gasteiger partial charge in [-0.2, -0.15) is 0 Å². The van der Waals surface area contributed by atoms with Gasteiger partial charge in [-0.25, -0.2) is 4.98 Å². The van der Waals surface area contributed by atoms with Crippen molar-refractivity contribution in [3.8, 4) is 17.1 Å².